The number of para-hydroxylation sites is 2. The summed E-state index contributed by atoms with van der Waals surface area (Å²) in [7, 11) is -1.23. The molecular formula is C46H33FIrN4OSi-2. The van der Waals surface area contributed by atoms with Gasteiger partial charge in [0.2, 0.25) is 5.71 Å². The number of nitrogens with zero attached hydrogens (tertiary/aromatic N) is 4. The second-order valence-corrected chi connectivity index (χ2v) is 19.1. The van der Waals surface area contributed by atoms with Gasteiger partial charge in [0.15, 0.2) is 0 Å². The first-order valence-electron chi connectivity index (χ1n) is 17.6. The van der Waals surface area contributed by atoms with Crippen LogP contribution in [0, 0.1) is 17.9 Å². The number of hydrogen-bond donors (Lipinski definition) is 0. The maximum Gasteiger partial charge on any atom is 0.216 e. The van der Waals surface area contributed by atoms with Crippen molar-refractivity contribution in [2.75, 3.05) is 0 Å². The maximum absolute atomic E-state index is 14.6. The van der Waals surface area contributed by atoms with Crippen LogP contribution in [0.15, 0.2) is 150 Å². The molecule has 0 amide bonds. The standard InChI is InChI=1S/C32H17FN3O.C14H16NSi.Ir/c33-25-13-7-15-26-24(25)18-23-21-11-6-12-22(30(21)37-32(23)35-26)31-34-27-14-3-4-16-29(27)36(31)28-17-5-9-19-8-1-2-10-20(19)28;1-16(2,3)13-9-10-14(15-11-13)12-7-5-4-6-8-12;/h1-11,13-18H;4-7,9-11H,1-3H3;/q2*-1;. The van der Waals surface area contributed by atoms with Crippen molar-refractivity contribution in [1.29, 1.82) is 0 Å². The SMILES string of the molecule is C[Si](C)(C)c1ccc(-c2[c-]cccc2)nc1.Fc1cccc2nc3oc4c(-c5nc6ccccc6n5-c5cccc6ccccc56)[c-]ccc4c3cc12.[Ir]. The van der Waals surface area contributed by atoms with Crippen LogP contribution in [0.3, 0.4) is 0 Å². The number of pyridine rings is 2. The molecule has 0 saturated carbocycles. The van der Waals surface area contributed by atoms with Gasteiger partial charge in [-0.15, -0.1) is 54.1 Å². The van der Waals surface area contributed by atoms with Crippen LogP contribution in [0.4, 0.5) is 4.39 Å². The summed E-state index contributed by atoms with van der Waals surface area (Å²) in [5.74, 6) is 0.416. The number of benzene rings is 6. The first-order chi connectivity index (χ1) is 25.8. The van der Waals surface area contributed by atoms with Gasteiger partial charge in [0.25, 0.3) is 0 Å². The van der Waals surface area contributed by atoms with E-state index in [2.05, 4.69) is 94.8 Å². The van der Waals surface area contributed by atoms with Crippen LogP contribution in [0.5, 0.6) is 0 Å². The van der Waals surface area contributed by atoms with Gasteiger partial charge in [-0.2, -0.15) is 0 Å². The van der Waals surface area contributed by atoms with Crippen molar-refractivity contribution >= 4 is 68.0 Å². The van der Waals surface area contributed by atoms with Crippen molar-refractivity contribution in [3.63, 3.8) is 0 Å². The van der Waals surface area contributed by atoms with E-state index in [0.29, 0.717) is 22.2 Å². The molecule has 0 N–H and O–H groups in total. The molecule has 0 fully saturated rings. The van der Waals surface area contributed by atoms with E-state index in [0.717, 1.165) is 60.9 Å². The second-order valence-electron chi connectivity index (χ2n) is 14.1. The third-order valence-corrected chi connectivity index (χ3v) is 11.6. The molecule has 54 heavy (non-hydrogen) atoms. The average Bonchev–Trinajstić information content (AvgIpc) is 3.76. The molecule has 0 aliphatic rings. The van der Waals surface area contributed by atoms with Crippen LogP contribution in [0.2, 0.25) is 19.6 Å². The molecule has 4 heterocycles. The molecule has 8 heteroatoms. The van der Waals surface area contributed by atoms with Gasteiger partial charge in [-0.1, -0.05) is 97.3 Å². The Morgan fingerprint density at radius 1 is 0.667 bits per heavy atom. The van der Waals surface area contributed by atoms with E-state index in [1.54, 1.807) is 12.1 Å². The summed E-state index contributed by atoms with van der Waals surface area (Å²) >= 11 is 0. The molecule has 0 saturated heterocycles. The maximum atomic E-state index is 14.6. The fourth-order valence-electron chi connectivity index (χ4n) is 6.87. The quantitative estimate of drug-likeness (QED) is 0.130. The first-order valence-corrected chi connectivity index (χ1v) is 21.1. The smallest absolute Gasteiger partial charge is 0.216 e. The Labute approximate surface area is 326 Å². The number of imidazole rings is 1. The zero-order valence-electron chi connectivity index (χ0n) is 29.8. The summed E-state index contributed by atoms with van der Waals surface area (Å²) in [4.78, 5) is 14.2. The largest absolute Gasteiger partial charge is 0.486 e. The van der Waals surface area contributed by atoms with Crippen LogP contribution in [-0.4, -0.2) is 27.6 Å². The normalized spacial score (nSPS) is 11.6. The minimum Gasteiger partial charge on any atom is -0.486 e. The first kappa shape index (κ1) is 35.2. The van der Waals surface area contributed by atoms with Crippen molar-refractivity contribution in [2.45, 2.75) is 19.6 Å². The van der Waals surface area contributed by atoms with Crippen LogP contribution in [0.25, 0.3) is 83.1 Å². The molecule has 10 aromatic rings. The van der Waals surface area contributed by atoms with Gasteiger partial charge in [0.1, 0.15) is 5.82 Å². The predicted molar refractivity (Wildman–Crippen MR) is 217 cm³/mol. The molecule has 0 bridgehead atoms. The monoisotopic (exact) mass is 897 g/mol. The molecule has 10 rings (SSSR count). The average molecular weight is 897 g/mol. The molecule has 0 spiro atoms. The number of halogens is 1. The Morgan fingerprint density at radius 3 is 2.26 bits per heavy atom. The third kappa shape index (κ3) is 6.32. The van der Waals surface area contributed by atoms with Crippen molar-refractivity contribution in [1.82, 2.24) is 19.5 Å². The van der Waals surface area contributed by atoms with Crippen molar-refractivity contribution in [3.05, 3.63) is 164 Å². The molecule has 0 aliphatic heterocycles. The van der Waals surface area contributed by atoms with E-state index in [-0.39, 0.29) is 25.9 Å². The second kappa shape index (κ2) is 14.2. The van der Waals surface area contributed by atoms with E-state index in [4.69, 9.17) is 9.40 Å². The van der Waals surface area contributed by atoms with Gasteiger partial charge in [-0.25, -0.2) is 9.37 Å². The van der Waals surface area contributed by atoms with Crippen LogP contribution in [0.1, 0.15) is 0 Å². The van der Waals surface area contributed by atoms with Crippen molar-refractivity contribution in [2.24, 2.45) is 0 Å². The Bertz CT molecular complexity index is 2950. The fourth-order valence-corrected chi connectivity index (χ4v) is 7.90. The zero-order chi connectivity index (χ0) is 36.1. The Balaban J connectivity index is 0.000000206. The van der Waals surface area contributed by atoms with Crippen molar-refractivity contribution in [3.8, 4) is 28.3 Å². The van der Waals surface area contributed by atoms with Crippen LogP contribution >= 0.6 is 0 Å². The predicted octanol–water partition coefficient (Wildman–Crippen LogP) is 11.3. The van der Waals surface area contributed by atoms with Gasteiger partial charge < -0.3 is 14.0 Å². The summed E-state index contributed by atoms with van der Waals surface area (Å²) in [6, 6.07) is 52.0. The summed E-state index contributed by atoms with van der Waals surface area (Å²) in [6.07, 6.45) is 2.02. The van der Waals surface area contributed by atoms with E-state index in [1.165, 1.54) is 11.3 Å². The minimum absolute atomic E-state index is 0. The van der Waals surface area contributed by atoms with E-state index >= 15 is 0 Å². The van der Waals surface area contributed by atoms with Crippen LogP contribution in [-0.2, 0) is 20.1 Å². The van der Waals surface area contributed by atoms with E-state index in [1.807, 2.05) is 79.0 Å². The van der Waals surface area contributed by atoms with Gasteiger partial charge >= 0.3 is 0 Å². The van der Waals surface area contributed by atoms with Crippen LogP contribution < -0.4 is 5.19 Å². The topological polar surface area (TPSA) is 56.7 Å². The molecule has 1 radical (unpaired) electrons. The molecular weight excluding hydrogens is 864 g/mol. The minimum atomic E-state index is -1.23. The van der Waals surface area contributed by atoms with Crippen molar-refractivity contribution < 1.29 is 28.9 Å². The third-order valence-electron chi connectivity index (χ3n) is 9.62. The Hall–Kier alpha value is -5.79. The molecule has 5 nitrogen and oxygen atoms in total. The van der Waals surface area contributed by atoms with E-state index < -0.39 is 8.07 Å². The molecule has 0 unspecified atom stereocenters. The van der Waals surface area contributed by atoms with Gasteiger partial charge in [0, 0.05) is 48.1 Å². The molecule has 0 atom stereocenters. The van der Waals surface area contributed by atoms with Gasteiger partial charge in [-0.05, 0) is 52.7 Å². The Morgan fingerprint density at radius 2 is 1.44 bits per heavy atom. The summed E-state index contributed by atoms with van der Waals surface area (Å²) in [6.45, 7) is 7.00. The number of rotatable bonds is 4. The molecule has 0 aliphatic carbocycles. The molecule has 265 valence electrons. The van der Waals surface area contributed by atoms with E-state index in [9.17, 15) is 4.39 Å². The Kier molecular flexibility index (Phi) is 9.28. The summed E-state index contributed by atoms with van der Waals surface area (Å²) in [5.41, 5.74) is 7.31. The summed E-state index contributed by atoms with van der Waals surface area (Å²) < 4.78 is 23.1. The van der Waals surface area contributed by atoms with Gasteiger partial charge in [0.05, 0.1) is 36.0 Å². The number of aromatic nitrogens is 4. The molecule has 6 aromatic carbocycles. The summed E-state index contributed by atoms with van der Waals surface area (Å²) in [5, 5.41) is 5.73. The number of furan rings is 1. The molecule has 4 aromatic heterocycles. The zero-order valence-corrected chi connectivity index (χ0v) is 33.2. The fraction of sp³-hybridized carbons (Fsp3) is 0.0652. The van der Waals surface area contributed by atoms with Gasteiger partial charge in [-0.3, -0.25) is 4.98 Å². The number of fused-ring (bicyclic) bond motifs is 6. The number of hydrogen-bond acceptors (Lipinski definition) is 4.